The number of rotatable bonds is 8. The molecule has 5 heteroatoms. The Labute approximate surface area is 129 Å². The molecule has 0 aliphatic carbocycles. The van der Waals surface area contributed by atoms with Gasteiger partial charge in [0, 0.05) is 12.1 Å². The van der Waals surface area contributed by atoms with E-state index in [9.17, 15) is 4.79 Å². The van der Waals surface area contributed by atoms with Crippen molar-refractivity contribution in [3.8, 4) is 11.8 Å². The van der Waals surface area contributed by atoms with Gasteiger partial charge in [0.1, 0.15) is 11.5 Å². The highest BCUT2D eigenvalue weighted by Gasteiger charge is 2.10. The van der Waals surface area contributed by atoms with E-state index in [1.807, 2.05) is 23.2 Å². The Bertz CT molecular complexity index is 460. The average molecular weight is 311 g/mol. The van der Waals surface area contributed by atoms with Crippen molar-refractivity contribution < 1.29 is 9.90 Å². The van der Waals surface area contributed by atoms with E-state index in [1.165, 1.54) is 29.9 Å². The van der Waals surface area contributed by atoms with Gasteiger partial charge in [-0.1, -0.05) is 24.7 Å². The molecule has 0 spiro atoms. The molecule has 1 amide bonds. The van der Waals surface area contributed by atoms with Gasteiger partial charge in [0.2, 0.25) is 0 Å². The largest absolute Gasteiger partial charge is 0.384 e. The molecule has 0 atom stereocenters. The molecule has 0 saturated heterocycles. The van der Waals surface area contributed by atoms with Crippen LogP contribution >= 0.6 is 23.1 Å². The first-order chi connectivity index (χ1) is 9.79. The Morgan fingerprint density at radius 2 is 2.20 bits per heavy atom. The number of aliphatic hydroxyl groups is 1. The molecule has 0 radical (unpaired) electrons. The van der Waals surface area contributed by atoms with E-state index in [0.717, 1.165) is 12.8 Å². The van der Waals surface area contributed by atoms with Crippen LogP contribution in [-0.4, -0.2) is 36.2 Å². The van der Waals surface area contributed by atoms with Crippen molar-refractivity contribution in [3.05, 3.63) is 21.9 Å². The zero-order valence-corrected chi connectivity index (χ0v) is 13.4. The van der Waals surface area contributed by atoms with Gasteiger partial charge in [-0.3, -0.25) is 4.79 Å². The van der Waals surface area contributed by atoms with Crippen LogP contribution in [0.1, 0.15) is 40.9 Å². The molecule has 0 bridgehead atoms. The summed E-state index contributed by atoms with van der Waals surface area (Å²) in [5.41, 5.74) is 0.696. The van der Waals surface area contributed by atoms with E-state index in [-0.39, 0.29) is 12.5 Å². The number of hydrogen-bond donors (Lipinski definition) is 2. The molecule has 0 aromatic carbocycles. The smallest absolute Gasteiger partial charge is 0.262 e. The Morgan fingerprint density at radius 3 is 2.95 bits per heavy atom. The molecule has 0 unspecified atom stereocenters. The number of carbonyl (C=O) groups excluding carboxylic acids is 1. The van der Waals surface area contributed by atoms with Gasteiger partial charge in [0.25, 0.3) is 5.91 Å². The van der Waals surface area contributed by atoms with Gasteiger partial charge in [-0.05, 0) is 36.3 Å². The number of aliphatic hydroxyl groups excluding tert-OH is 1. The normalized spacial score (nSPS) is 9.90. The van der Waals surface area contributed by atoms with Crippen LogP contribution in [0.3, 0.4) is 0 Å². The van der Waals surface area contributed by atoms with Gasteiger partial charge in [-0.2, -0.15) is 11.8 Å². The number of nitrogens with one attached hydrogen (secondary N) is 1. The molecule has 1 aromatic rings. The van der Waals surface area contributed by atoms with E-state index < -0.39 is 0 Å². The molecule has 2 N–H and O–H groups in total. The highest BCUT2D eigenvalue weighted by molar-refractivity contribution is 7.98. The zero-order valence-electron chi connectivity index (χ0n) is 11.8. The minimum Gasteiger partial charge on any atom is -0.384 e. The second-order valence-electron chi connectivity index (χ2n) is 4.29. The fraction of sp³-hybridized carbons (Fsp3) is 0.533. The zero-order chi connectivity index (χ0) is 14.6. The fourth-order valence-electron chi connectivity index (χ4n) is 1.73. The Kier molecular flexibility index (Phi) is 9.22. The summed E-state index contributed by atoms with van der Waals surface area (Å²) in [6.07, 6.45) is 6.77. The van der Waals surface area contributed by atoms with Crippen molar-refractivity contribution in [2.75, 3.05) is 25.2 Å². The van der Waals surface area contributed by atoms with Crippen LogP contribution in [0.15, 0.2) is 11.4 Å². The summed E-state index contributed by atoms with van der Waals surface area (Å²) in [6.45, 7) is 0.524. The van der Waals surface area contributed by atoms with Crippen molar-refractivity contribution in [3.63, 3.8) is 0 Å². The molecule has 0 fully saturated rings. The predicted octanol–water partition coefficient (Wildman–Crippen LogP) is 2.75. The molecule has 1 rings (SSSR count). The van der Waals surface area contributed by atoms with E-state index in [4.69, 9.17) is 5.11 Å². The standard InChI is InChI=1S/C15H21NO2S2/c1-19-11-5-3-2-4-9-16-15(18)14-13(7-6-10-17)8-12-20-14/h8,12,17H,2-5,9-11H2,1H3,(H,16,18). The number of amides is 1. The molecule has 1 aromatic heterocycles. The minimum absolute atomic E-state index is 0.0636. The lowest BCUT2D eigenvalue weighted by atomic mass is 10.2. The summed E-state index contributed by atoms with van der Waals surface area (Å²) in [5.74, 6) is 6.52. The lowest BCUT2D eigenvalue weighted by Crippen LogP contribution is -2.24. The SMILES string of the molecule is CSCCCCCCNC(=O)c1sccc1C#CCO. The Hall–Kier alpha value is -0.960. The van der Waals surface area contributed by atoms with Gasteiger partial charge >= 0.3 is 0 Å². The first-order valence-electron chi connectivity index (χ1n) is 6.74. The molecule has 0 aliphatic rings. The van der Waals surface area contributed by atoms with Crippen LogP contribution in [0.25, 0.3) is 0 Å². The Balaban J connectivity index is 2.27. The second-order valence-corrected chi connectivity index (χ2v) is 6.19. The topological polar surface area (TPSA) is 49.3 Å². The van der Waals surface area contributed by atoms with E-state index in [0.29, 0.717) is 17.0 Å². The van der Waals surface area contributed by atoms with Crippen LogP contribution in [0.4, 0.5) is 0 Å². The summed E-state index contributed by atoms with van der Waals surface area (Å²) in [5, 5.41) is 13.5. The van der Waals surface area contributed by atoms with Crippen molar-refractivity contribution in [2.45, 2.75) is 25.7 Å². The maximum Gasteiger partial charge on any atom is 0.262 e. The maximum absolute atomic E-state index is 12.0. The van der Waals surface area contributed by atoms with Gasteiger partial charge in [-0.15, -0.1) is 11.3 Å². The quantitative estimate of drug-likeness (QED) is 0.573. The molecule has 3 nitrogen and oxygen atoms in total. The van der Waals surface area contributed by atoms with Crippen LogP contribution in [0, 0.1) is 11.8 Å². The minimum atomic E-state index is -0.188. The summed E-state index contributed by atoms with van der Waals surface area (Å²) >= 11 is 3.26. The van der Waals surface area contributed by atoms with Gasteiger partial charge in [0.15, 0.2) is 0 Å². The molecule has 1 heterocycles. The van der Waals surface area contributed by atoms with E-state index >= 15 is 0 Å². The Morgan fingerprint density at radius 1 is 1.40 bits per heavy atom. The monoisotopic (exact) mass is 311 g/mol. The number of thioether (sulfide) groups is 1. The molecule has 110 valence electrons. The van der Waals surface area contributed by atoms with Crippen LogP contribution in [0.2, 0.25) is 0 Å². The van der Waals surface area contributed by atoms with Crippen molar-refractivity contribution in [2.24, 2.45) is 0 Å². The summed E-state index contributed by atoms with van der Waals surface area (Å²) < 4.78 is 0. The number of carbonyl (C=O) groups is 1. The summed E-state index contributed by atoms with van der Waals surface area (Å²) in [7, 11) is 0. The van der Waals surface area contributed by atoms with Crippen molar-refractivity contribution in [1.82, 2.24) is 5.32 Å². The first-order valence-corrected chi connectivity index (χ1v) is 9.01. The molecule has 20 heavy (non-hydrogen) atoms. The van der Waals surface area contributed by atoms with Crippen molar-refractivity contribution in [1.29, 1.82) is 0 Å². The van der Waals surface area contributed by atoms with Gasteiger partial charge in [-0.25, -0.2) is 0 Å². The third-order valence-corrected chi connectivity index (χ3v) is 4.34. The molecular weight excluding hydrogens is 290 g/mol. The predicted molar refractivity (Wildman–Crippen MR) is 87.5 cm³/mol. The third-order valence-electron chi connectivity index (χ3n) is 2.73. The average Bonchev–Trinajstić information content (AvgIpc) is 2.92. The van der Waals surface area contributed by atoms with E-state index in [2.05, 4.69) is 23.4 Å². The molecule has 0 saturated carbocycles. The maximum atomic E-state index is 12.0. The number of hydrogen-bond acceptors (Lipinski definition) is 4. The third kappa shape index (κ3) is 6.47. The van der Waals surface area contributed by atoms with Gasteiger partial charge in [0.05, 0.1) is 0 Å². The molecule has 0 aliphatic heterocycles. The number of thiophene rings is 1. The number of unbranched alkanes of at least 4 members (excludes halogenated alkanes) is 3. The highest BCUT2D eigenvalue weighted by Crippen LogP contribution is 2.15. The van der Waals surface area contributed by atoms with Crippen LogP contribution < -0.4 is 5.32 Å². The fourth-order valence-corrected chi connectivity index (χ4v) is 2.98. The summed E-state index contributed by atoms with van der Waals surface area (Å²) in [6, 6.07) is 1.81. The van der Waals surface area contributed by atoms with Crippen LogP contribution in [-0.2, 0) is 0 Å². The summed E-state index contributed by atoms with van der Waals surface area (Å²) in [4.78, 5) is 12.6. The van der Waals surface area contributed by atoms with Crippen LogP contribution in [0.5, 0.6) is 0 Å². The highest BCUT2D eigenvalue weighted by atomic mass is 32.2. The van der Waals surface area contributed by atoms with Gasteiger partial charge < -0.3 is 10.4 Å². The lowest BCUT2D eigenvalue weighted by Gasteiger charge is -2.04. The molecular formula is C15H21NO2S2. The van der Waals surface area contributed by atoms with Crippen molar-refractivity contribution >= 4 is 29.0 Å². The van der Waals surface area contributed by atoms with E-state index in [1.54, 1.807) is 0 Å². The lowest BCUT2D eigenvalue weighted by molar-refractivity contribution is 0.0957. The second kappa shape index (κ2) is 10.8. The first kappa shape index (κ1) is 17.1.